The summed E-state index contributed by atoms with van der Waals surface area (Å²) in [5, 5.41) is 16.9. The Morgan fingerprint density at radius 1 is 1.48 bits per heavy atom. The molecule has 1 fully saturated rings. The maximum Gasteiger partial charge on any atom is 0.293 e. The summed E-state index contributed by atoms with van der Waals surface area (Å²) in [7, 11) is 0. The van der Waals surface area contributed by atoms with Crippen LogP contribution in [-0.2, 0) is 0 Å². The van der Waals surface area contributed by atoms with Crippen molar-refractivity contribution in [2.45, 2.75) is 24.5 Å². The lowest BCUT2D eigenvalue weighted by Crippen LogP contribution is -2.31. The lowest BCUT2D eigenvalue weighted by Gasteiger charge is -2.13. The van der Waals surface area contributed by atoms with Crippen molar-refractivity contribution in [2.75, 3.05) is 24.7 Å². The molecule has 0 heterocycles. The highest BCUT2D eigenvalue weighted by Gasteiger charge is 2.42. The van der Waals surface area contributed by atoms with Crippen LogP contribution in [-0.4, -0.2) is 34.9 Å². The third-order valence-corrected chi connectivity index (χ3v) is 5.05. The first kappa shape index (κ1) is 15.6. The van der Waals surface area contributed by atoms with Crippen molar-refractivity contribution < 1.29 is 9.72 Å². The molecule has 1 aliphatic carbocycles. The number of rotatable bonds is 7. The minimum atomic E-state index is -0.473. The van der Waals surface area contributed by atoms with Crippen molar-refractivity contribution in [3.8, 4) is 0 Å². The van der Waals surface area contributed by atoms with E-state index in [4.69, 9.17) is 0 Å². The van der Waals surface area contributed by atoms with Crippen LogP contribution in [0, 0.1) is 10.1 Å². The molecule has 1 aromatic rings. The Balaban J connectivity index is 2.10. The Bertz CT molecular complexity index is 558. The Kier molecular flexibility index (Phi) is 4.72. The smallest absolute Gasteiger partial charge is 0.293 e. The van der Waals surface area contributed by atoms with Crippen LogP contribution in [0.1, 0.15) is 30.1 Å². The van der Waals surface area contributed by atoms with E-state index in [-0.39, 0.29) is 16.3 Å². The van der Waals surface area contributed by atoms with Crippen molar-refractivity contribution >= 4 is 29.0 Å². The molecule has 1 aromatic carbocycles. The summed E-state index contributed by atoms with van der Waals surface area (Å²) < 4.78 is 0.172. The van der Waals surface area contributed by atoms with Gasteiger partial charge in [0.05, 0.1) is 4.92 Å². The zero-order valence-electron chi connectivity index (χ0n) is 12.1. The number of hydrogen-bond donors (Lipinski definition) is 2. The third-order valence-electron chi connectivity index (χ3n) is 3.64. The van der Waals surface area contributed by atoms with Gasteiger partial charge in [0.2, 0.25) is 0 Å². The van der Waals surface area contributed by atoms with Crippen LogP contribution in [0.25, 0.3) is 0 Å². The third kappa shape index (κ3) is 3.66. The predicted molar refractivity (Wildman–Crippen MR) is 85.1 cm³/mol. The number of amides is 1. The van der Waals surface area contributed by atoms with E-state index < -0.39 is 4.92 Å². The van der Waals surface area contributed by atoms with Crippen molar-refractivity contribution in [2.24, 2.45) is 0 Å². The van der Waals surface area contributed by atoms with Gasteiger partial charge in [0.15, 0.2) is 0 Å². The quantitative estimate of drug-likeness (QED) is 0.597. The molecule has 114 valence electrons. The van der Waals surface area contributed by atoms with Crippen LogP contribution < -0.4 is 10.6 Å². The van der Waals surface area contributed by atoms with E-state index in [0.29, 0.717) is 24.3 Å². The molecular weight excluding hydrogens is 290 g/mol. The van der Waals surface area contributed by atoms with Gasteiger partial charge >= 0.3 is 0 Å². The number of anilines is 1. The zero-order valence-corrected chi connectivity index (χ0v) is 13.0. The highest BCUT2D eigenvalue weighted by molar-refractivity contribution is 8.00. The minimum Gasteiger partial charge on any atom is -0.380 e. The SMILES string of the molecule is CCNc1ccc(C(=O)NCC2(SC)CC2)cc1[N+](=O)[O-]. The summed E-state index contributed by atoms with van der Waals surface area (Å²) in [5.41, 5.74) is 0.678. The summed E-state index contributed by atoms with van der Waals surface area (Å²) in [4.78, 5) is 22.7. The largest absolute Gasteiger partial charge is 0.380 e. The molecule has 2 N–H and O–H groups in total. The van der Waals surface area contributed by atoms with Crippen molar-refractivity contribution in [3.05, 3.63) is 33.9 Å². The fraction of sp³-hybridized carbons (Fsp3) is 0.500. The predicted octanol–water partition coefficient (Wildman–Crippen LogP) is 2.65. The Morgan fingerprint density at radius 2 is 2.19 bits per heavy atom. The minimum absolute atomic E-state index is 0.0736. The Labute approximate surface area is 127 Å². The van der Waals surface area contributed by atoms with E-state index in [1.165, 1.54) is 6.07 Å². The molecule has 1 saturated carbocycles. The number of nitrogens with zero attached hydrogens (tertiary/aromatic N) is 1. The molecular formula is C14H19N3O3S. The fourth-order valence-electron chi connectivity index (χ4n) is 2.10. The number of carbonyl (C=O) groups is 1. The zero-order chi connectivity index (χ0) is 15.5. The highest BCUT2D eigenvalue weighted by Crippen LogP contribution is 2.46. The molecule has 0 aliphatic heterocycles. The Morgan fingerprint density at radius 3 is 2.71 bits per heavy atom. The van der Waals surface area contributed by atoms with Gasteiger partial charge in [-0.15, -0.1) is 0 Å². The molecule has 6 nitrogen and oxygen atoms in total. The fourth-order valence-corrected chi connectivity index (χ4v) is 2.83. The molecule has 7 heteroatoms. The Hall–Kier alpha value is -1.76. The topological polar surface area (TPSA) is 84.3 Å². The lowest BCUT2D eigenvalue weighted by molar-refractivity contribution is -0.384. The molecule has 0 aromatic heterocycles. The van der Waals surface area contributed by atoms with Gasteiger partial charge in [-0.25, -0.2) is 0 Å². The first-order chi connectivity index (χ1) is 10.0. The number of nitro groups is 1. The van der Waals surface area contributed by atoms with Crippen LogP contribution in [0.2, 0.25) is 0 Å². The number of nitrogens with one attached hydrogen (secondary N) is 2. The summed E-state index contributed by atoms with van der Waals surface area (Å²) in [5.74, 6) is -0.263. The average Bonchev–Trinajstić information content (AvgIpc) is 3.26. The van der Waals surface area contributed by atoms with Gasteiger partial charge in [-0.2, -0.15) is 11.8 Å². The van der Waals surface area contributed by atoms with E-state index in [2.05, 4.69) is 10.6 Å². The molecule has 0 saturated heterocycles. The van der Waals surface area contributed by atoms with Gasteiger partial charge in [0, 0.05) is 29.5 Å². The maximum atomic E-state index is 12.1. The van der Waals surface area contributed by atoms with Crippen molar-refractivity contribution in [3.63, 3.8) is 0 Å². The first-order valence-electron chi connectivity index (χ1n) is 6.87. The molecule has 1 amide bonds. The molecule has 0 unspecified atom stereocenters. The van der Waals surface area contributed by atoms with E-state index in [0.717, 1.165) is 12.8 Å². The molecule has 2 rings (SSSR count). The molecule has 0 atom stereocenters. The second-order valence-electron chi connectivity index (χ2n) is 5.09. The number of benzene rings is 1. The van der Waals surface area contributed by atoms with E-state index >= 15 is 0 Å². The number of hydrogen-bond acceptors (Lipinski definition) is 5. The summed E-state index contributed by atoms with van der Waals surface area (Å²) >= 11 is 1.76. The van der Waals surface area contributed by atoms with Crippen LogP contribution in [0.15, 0.2) is 18.2 Å². The summed E-state index contributed by atoms with van der Waals surface area (Å²) in [6.07, 6.45) is 4.25. The van der Waals surface area contributed by atoms with Crippen molar-refractivity contribution in [1.29, 1.82) is 0 Å². The first-order valence-corrected chi connectivity index (χ1v) is 8.09. The van der Waals surface area contributed by atoms with Gasteiger partial charge in [0.25, 0.3) is 11.6 Å². The van der Waals surface area contributed by atoms with Crippen molar-refractivity contribution in [1.82, 2.24) is 5.32 Å². The number of carbonyl (C=O) groups excluding carboxylic acids is 1. The van der Waals surface area contributed by atoms with E-state index in [9.17, 15) is 14.9 Å². The van der Waals surface area contributed by atoms with E-state index in [1.807, 2.05) is 13.2 Å². The summed E-state index contributed by atoms with van der Waals surface area (Å²) in [6.45, 7) is 3.06. The maximum absolute atomic E-state index is 12.1. The standard InChI is InChI=1S/C14H19N3O3S/c1-3-15-11-5-4-10(8-12(11)17(19)20)13(18)16-9-14(21-2)6-7-14/h4-5,8,15H,3,6-7,9H2,1-2H3,(H,16,18). The average molecular weight is 309 g/mol. The van der Waals surface area contributed by atoms with Crippen LogP contribution in [0.4, 0.5) is 11.4 Å². The van der Waals surface area contributed by atoms with Gasteiger partial charge in [0.1, 0.15) is 5.69 Å². The van der Waals surface area contributed by atoms with Crippen LogP contribution in [0.5, 0.6) is 0 Å². The van der Waals surface area contributed by atoms with Gasteiger partial charge in [-0.1, -0.05) is 0 Å². The normalized spacial score (nSPS) is 15.3. The number of nitro benzene ring substituents is 1. The van der Waals surface area contributed by atoms with Crippen LogP contribution >= 0.6 is 11.8 Å². The lowest BCUT2D eigenvalue weighted by atomic mass is 10.1. The number of thioether (sulfide) groups is 1. The summed E-state index contributed by atoms with van der Waals surface area (Å²) in [6, 6.07) is 4.52. The second-order valence-corrected chi connectivity index (χ2v) is 6.36. The molecule has 0 radical (unpaired) electrons. The molecule has 1 aliphatic rings. The van der Waals surface area contributed by atoms with Gasteiger partial charge in [-0.3, -0.25) is 14.9 Å². The molecule has 21 heavy (non-hydrogen) atoms. The monoisotopic (exact) mass is 309 g/mol. The second kappa shape index (κ2) is 6.34. The van der Waals surface area contributed by atoms with Gasteiger partial charge < -0.3 is 10.6 Å². The van der Waals surface area contributed by atoms with Gasteiger partial charge in [-0.05, 0) is 38.2 Å². The van der Waals surface area contributed by atoms with E-state index in [1.54, 1.807) is 23.9 Å². The molecule has 0 spiro atoms. The van der Waals surface area contributed by atoms with Crippen LogP contribution in [0.3, 0.4) is 0 Å². The molecule has 0 bridgehead atoms. The highest BCUT2D eigenvalue weighted by atomic mass is 32.2.